The van der Waals surface area contributed by atoms with Gasteiger partial charge in [-0.2, -0.15) is 0 Å². The molecule has 4 heteroatoms. The van der Waals surface area contributed by atoms with Crippen LogP contribution in [0.3, 0.4) is 0 Å². The lowest BCUT2D eigenvalue weighted by Gasteiger charge is -2.20. The molecule has 0 unspecified atom stereocenters. The zero-order valence-electron chi connectivity index (χ0n) is 9.87. The maximum atomic E-state index is 11.3. The second-order valence-electron chi connectivity index (χ2n) is 4.26. The van der Waals surface area contributed by atoms with Crippen LogP contribution in [0.1, 0.15) is 44.9 Å². The lowest BCUT2D eigenvalue weighted by atomic mass is 9.90. The lowest BCUT2D eigenvalue weighted by Crippen LogP contribution is -2.17. The SMILES string of the molecule is COC(=O)CCC(=O)OCC1CCCCC1. The van der Waals surface area contributed by atoms with Crippen LogP contribution in [0.5, 0.6) is 0 Å². The van der Waals surface area contributed by atoms with Crippen molar-refractivity contribution in [1.29, 1.82) is 0 Å². The maximum absolute atomic E-state index is 11.3. The Hall–Kier alpha value is -1.06. The fourth-order valence-electron chi connectivity index (χ4n) is 1.94. The molecule has 0 aliphatic heterocycles. The van der Waals surface area contributed by atoms with Crippen molar-refractivity contribution in [3.05, 3.63) is 0 Å². The third-order valence-electron chi connectivity index (χ3n) is 2.97. The fraction of sp³-hybridized carbons (Fsp3) is 0.833. The molecule has 0 saturated heterocycles. The minimum atomic E-state index is -0.366. The van der Waals surface area contributed by atoms with E-state index in [1.165, 1.54) is 26.4 Å². The highest BCUT2D eigenvalue weighted by atomic mass is 16.5. The van der Waals surface area contributed by atoms with Crippen LogP contribution in [0.15, 0.2) is 0 Å². The summed E-state index contributed by atoms with van der Waals surface area (Å²) in [6.45, 7) is 0.514. The Bertz CT molecular complexity index is 231. The summed E-state index contributed by atoms with van der Waals surface area (Å²) >= 11 is 0. The first kappa shape index (κ1) is 13.0. The standard InChI is InChI=1S/C12H20O4/c1-15-11(13)7-8-12(14)16-9-10-5-3-2-4-6-10/h10H,2-9H2,1H3. The van der Waals surface area contributed by atoms with Gasteiger partial charge in [0.1, 0.15) is 0 Å². The van der Waals surface area contributed by atoms with E-state index in [4.69, 9.17) is 4.74 Å². The number of ether oxygens (including phenoxy) is 2. The van der Waals surface area contributed by atoms with Crippen molar-refractivity contribution in [2.45, 2.75) is 44.9 Å². The van der Waals surface area contributed by atoms with Crippen molar-refractivity contribution in [2.75, 3.05) is 13.7 Å². The third kappa shape index (κ3) is 5.14. The number of methoxy groups -OCH3 is 1. The summed E-state index contributed by atoms with van der Waals surface area (Å²) in [5.41, 5.74) is 0. The Morgan fingerprint density at radius 3 is 2.31 bits per heavy atom. The minimum Gasteiger partial charge on any atom is -0.469 e. The van der Waals surface area contributed by atoms with Crippen LogP contribution < -0.4 is 0 Å². The predicted octanol–water partition coefficient (Wildman–Crippen LogP) is 2.06. The molecule has 1 rings (SSSR count). The van der Waals surface area contributed by atoms with Gasteiger partial charge in [-0.3, -0.25) is 9.59 Å². The second-order valence-corrected chi connectivity index (χ2v) is 4.26. The molecule has 92 valence electrons. The number of esters is 2. The molecule has 0 aromatic carbocycles. The summed E-state index contributed by atoms with van der Waals surface area (Å²) in [5.74, 6) is -0.138. The first-order chi connectivity index (χ1) is 7.72. The van der Waals surface area contributed by atoms with Crippen molar-refractivity contribution in [3.8, 4) is 0 Å². The zero-order valence-corrected chi connectivity index (χ0v) is 9.87. The van der Waals surface area contributed by atoms with Crippen LogP contribution in [0.25, 0.3) is 0 Å². The van der Waals surface area contributed by atoms with Gasteiger partial charge in [-0.05, 0) is 18.8 Å². The van der Waals surface area contributed by atoms with Crippen LogP contribution in [-0.2, 0) is 19.1 Å². The predicted molar refractivity (Wildman–Crippen MR) is 58.8 cm³/mol. The second kappa shape index (κ2) is 7.25. The van der Waals surface area contributed by atoms with E-state index in [1.54, 1.807) is 0 Å². The largest absolute Gasteiger partial charge is 0.469 e. The van der Waals surface area contributed by atoms with Crippen LogP contribution in [-0.4, -0.2) is 25.7 Å². The van der Waals surface area contributed by atoms with Crippen LogP contribution >= 0.6 is 0 Å². The van der Waals surface area contributed by atoms with E-state index in [9.17, 15) is 9.59 Å². The number of carbonyl (C=O) groups is 2. The first-order valence-electron chi connectivity index (χ1n) is 5.95. The van der Waals surface area contributed by atoms with Gasteiger partial charge in [0, 0.05) is 0 Å². The lowest BCUT2D eigenvalue weighted by molar-refractivity contribution is -0.150. The number of carbonyl (C=O) groups excluding carboxylic acids is 2. The van der Waals surface area contributed by atoms with Gasteiger partial charge in [0.05, 0.1) is 26.6 Å². The Labute approximate surface area is 96.3 Å². The molecule has 4 nitrogen and oxygen atoms in total. The molecule has 0 heterocycles. The quantitative estimate of drug-likeness (QED) is 0.676. The molecular formula is C12H20O4. The molecule has 0 amide bonds. The summed E-state index contributed by atoms with van der Waals surface area (Å²) in [5, 5.41) is 0. The minimum absolute atomic E-state index is 0.111. The topological polar surface area (TPSA) is 52.6 Å². The summed E-state index contributed by atoms with van der Waals surface area (Å²) in [7, 11) is 1.32. The highest BCUT2D eigenvalue weighted by molar-refractivity contribution is 5.77. The molecule has 1 aliphatic carbocycles. The van der Waals surface area contributed by atoms with E-state index in [1.807, 2.05) is 0 Å². The van der Waals surface area contributed by atoms with Crippen molar-refractivity contribution in [2.24, 2.45) is 5.92 Å². The number of hydrogen-bond donors (Lipinski definition) is 0. The van der Waals surface area contributed by atoms with E-state index in [-0.39, 0.29) is 24.8 Å². The Kier molecular flexibility index (Phi) is 5.90. The van der Waals surface area contributed by atoms with E-state index in [0.717, 1.165) is 12.8 Å². The summed E-state index contributed by atoms with van der Waals surface area (Å²) in [6, 6.07) is 0. The van der Waals surface area contributed by atoms with Crippen molar-refractivity contribution < 1.29 is 19.1 Å². The normalized spacial score (nSPS) is 16.8. The zero-order chi connectivity index (χ0) is 11.8. The molecule has 0 atom stereocenters. The molecule has 0 radical (unpaired) electrons. The van der Waals surface area contributed by atoms with Gasteiger partial charge in [0.15, 0.2) is 0 Å². The average molecular weight is 228 g/mol. The van der Waals surface area contributed by atoms with E-state index >= 15 is 0 Å². The highest BCUT2D eigenvalue weighted by Crippen LogP contribution is 2.23. The van der Waals surface area contributed by atoms with E-state index in [2.05, 4.69) is 4.74 Å². The average Bonchev–Trinajstić information content (AvgIpc) is 2.34. The fourth-order valence-corrected chi connectivity index (χ4v) is 1.94. The smallest absolute Gasteiger partial charge is 0.306 e. The first-order valence-corrected chi connectivity index (χ1v) is 5.95. The molecule has 1 saturated carbocycles. The summed E-state index contributed by atoms with van der Waals surface area (Å²) in [6.07, 6.45) is 6.33. The Morgan fingerprint density at radius 1 is 1.06 bits per heavy atom. The monoisotopic (exact) mass is 228 g/mol. The van der Waals surface area contributed by atoms with Gasteiger partial charge in [0.25, 0.3) is 0 Å². The highest BCUT2D eigenvalue weighted by Gasteiger charge is 2.15. The van der Waals surface area contributed by atoms with Crippen LogP contribution in [0.2, 0.25) is 0 Å². The van der Waals surface area contributed by atoms with Crippen molar-refractivity contribution >= 4 is 11.9 Å². The van der Waals surface area contributed by atoms with Gasteiger partial charge in [0.2, 0.25) is 0 Å². The van der Waals surface area contributed by atoms with Gasteiger partial charge >= 0.3 is 11.9 Å². The van der Waals surface area contributed by atoms with Gasteiger partial charge < -0.3 is 9.47 Å². The molecule has 1 fully saturated rings. The summed E-state index contributed by atoms with van der Waals surface area (Å²) in [4.78, 5) is 22.1. The Balaban J connectivity index is 2.07. The molecule has 0 aromatic heterocycles. The molecule has 0 spiro atoms. The Morgan fingerprint density at radius 2 is 1.69 bits per heavy atom. The maximum Gasteiger partial charge on any atom is 0.306 e. The van der Waals surface area contributed by atoms with E-state index in [0.29, 0.717) is 12.5 Å². The number of rotatable bonds is 5. The van der Waals surface area contributed by atoms with Crippen molar-refractivity contribution in [3.63, 3.8) is 0 Å². The number of hydrogen-bond acceptors (Lipinski definition) is 4. The van der Waals surface area contributed by atoms with E-state index < -0.39 is 0 Å². The molecule has 0 bridgehead atoms. The van der Waals surface area contributed by atoms with Gasteiger partial charge in [-0.15, -0.1) is 0 Å². The van der Waals surface area contributed by atoms with Crippen molar-refractivity contribution in [1.82, 2.24) is 0 Å². The molecule has 0 N–H and O–H groups in total. The van der Waals surface area contributed by atoms with Crippen LogP contribution in [0.4, 0.5) is 0 Å². The molecule has 16 heavy (non-hydrogen) atoms. The summed E-state index contributed by atoms with van der Waals surface area (Å²) < 4.78 is 9.58. The van der Waals surface area contributed by atoms with Crippen LogP contribution in [0, 0.1) is 5.92 Å². The molecular weight excluding hydrogens is 208 g/mol. The molecule has 1 aliphatic rings. The third-order valence-corrected chi connectivity index (χ3v) is 2.97. The molecule has 0 aromatic rings. The van der Waals surface area contributed by atoms with Gasteiger partial charge in [-0.1, -0.05) is 19.3 Å². The van der Waals surface area contributed by atoms with Gasteiger partial charge in [-0.25, -0.2) is 0 Å².